The Bertz CT molecular complexity index is 607. The molecule has 0 aromatic heterocycles. The second-order valence-electron chi connectivity index (χ2n) is 5.79. The maximum Gasteiger partial charge on any atom is 0.309 e. The fourth-order valence-corrected chi connectivity index (χ4v) is 2.65. The summed E-state index contributed by atoms with van der Waals surface area (Å²) < 4.78 is 0. The first-order valence-corrected chi connectivity index (χ1v) is 8.05. The SMILES string of the molecule is CNC(=C[NH+](C)c1ccc(C(=O)N2CCNCC2)cc1)CC(=O)O. The third-order valence-corrected chi connectivity index (χ3v) is 4.04. The number of benzene rings is 1. The van der Waals surface area contributed by atoms with Crippen molar-refractivity contribution in [1.82, 2.24) is 15.5 Å². The van der Waals surface area contributed by atoms with Gasteiger partial charge in [0.2, 0.25) is 0 Å². The number of amides is 1. The summed E-state index contributed by atoms with van der Waals surface area (Å²) in [5.74, 6) is -0.821. The molecule has 0 radical (unpaired) electrons. The molecule has 4 N–H and O–H groups in total. The number of nitrogens with zero attached hydrogens (tertiary/aromatic N) is 1. The number of aliphatic carboxylic acids is 1. The van der Waals surface area contributed by atoms with E-state index in [9.17, 15) is 9.59 Å². The van der Waals surface area contributed by atoms with Crippen LogP contribution in [0.25, 0.3) is 0 Å². The van der Waals surface area contributed by atoms with Crippen molar-refractivity contribution in [2.75, 3.05) is 40.3 Å². The molecule has 1 atom stereocenters. The van der Waals surface area contributed by atoms with Gasteiger partial charge in [0.05, 0.1) is 19.2 Å². The van der Waals surface area contributed by atoms with Crippen LogP contribution < -0.4 is 15.5 Å². The van der Waals surface area contributed by atoms with Crippen LogP contribution in [0.3, 0.4) is 0 Å². The summed E-state index contributed by atoms with van der Waals surface area (Å²) in [5.41, 5.74) is 2.28. The second kappa shape index (κ2) is 8.47. The third kappa shape index (κ3) is 4.81. The Morgan fingerprint density at radius 1 is 1.29 bits per heavy atom. The van der Waals surface area contributed by atoms with Gasteiger partial charge in [0, 0.05) is 50.9 Å². The van der Waals surface area contributed by atoms with E-state index in [1.807, 2.05) is 42.4 Å². The molecule has 7 nitrogen and oxygen atoms in total. The molecule has 0 aliphatic carbocycles. The van der Waals surface area contributed by atoms with Crippen LogP contribution in [0.5, 0.6) is 0 Å². The molecular weight excluding hydrogens is 308 g/mol. The molecule has 2 rings (SSSR count). The first kappa shape index (κ1) is 18.0. The van der Waals surface area contributed by atoms with Gasteiger partial charge >= 0.3 is 5.97 Å². The minimum atomic E-state index is -0.875. The highest BCUT2D eigenvalue weighted by molar-refractivity contribution is 5.94. The summed E-state index contributed by atoms with van der Waals surface area (Å²) >= 11 is 0. The van der Waals surface area contributed by atoms with Crippen LogP contribution in [0.1, 0.15) is 16.8 Å². The van der Waals surface area contributed by atoms with Crippen LogP contribution in [0.2, 0.25) is 0 Å². The highest BCUT2D eigenvalue weighted by Gasteiger charge is 2.18. The Hall–Kier alpha value is -2.38. The summed E-state index contributed by atoms with van der Waals surface area (Å²) in [6, 6.07) is 7.45. The van der Waals surface area contributed by atoms with E-state index >= 15 is 0 Å². The average Bonchev–Trinajstić information content (AvgIpc) is 2.61. The number of hydrogen-bond donors (Lipinski definition) is 4. The zero-order valence-electron chi connectivity index (χ0n) is 14.1. The van der Waals surface area contributed by atoms with Gasteiger partial charge in [-0.05, 0) is 12.1 Å². The molecule has 1 aromatic carbocycles. The molecule has 1 unspecified atom stereocenters. The highest BCUT2D eigenvalue weighted by Crippen LogP contribution is 2.09. The molecule has 1 fully saturated rings. The van der Waals surface area contributed by atoms with Crippen LogP contribution in [0, 0.1) is 0 Å². The average molecular weight is 333 g/mol. The van der Waals surface area contributed by atoms with Gasteiger partial charge in [-0.1, -0.05) is 0 Å². The largest absolute Gasteiger partial charge is 0.481 e. The lowest BCUT2D eigenvalue weighted by Gasteiger charge is -2.27. The van der Waals surface area contributed by atoms with Crippen molar-refractivity contribution < 1.29 is 19.6 Å². The summed E-state index contributed by atoms with van der Waals surface area (Å²) in [6.07, 6.45) is 1.77. The Labute approximate surface area is 141 Å². The van der Waals surface area contributed by atoms with Gasteiger partial charge in [0.15, 0.2) is 0 Å². The number of carbonyl (C=O) groups is 2. The van der Waals surface area contributed by atoms with Crippen molar-refractivity contribution in [3.63, 3.8) is 0 Å². The minimum absolute atomic E-state index is 0.0482. The second-order valence-corrected chi connectivity index (χ2v) is 5.79. The number of carbonyl (C=O) groups excluding carboxylic acids is 1. The molecule has 7 heteroatoms. The quantitative estimate of drug-likeness (QED) is 0.559. The first-order valence-electron chi connectivity index (χ1n) is 8.05. The Morgan fingerprint density at radius 3 is 2.46 bits per heavy atom. The van der Waals surface area contributed by atoms with Crippen LogP contribution in [-0.2, 0) is 4.79 Å². The monoisotopic (exact) mass is 333 g/mol. The highest BCUT2D eigenvalue weighted by atomic mass is 16.4. The fraction of sp³-hybridized carbons (Fsp3) is 0.412. The maximum atomic E-state index is 12.4. The predicted octanol–water partition coefficient (Wildman–Crippen LogP) is -0.586. The predicted molar refractivity (Wildman–Crippen MR) is 91.2 cm³/mol. The molecule has 0 spiro atoms. The van der Waals surface area contributed by atoms with Crippen molar-refractivity contribution in [3.05, 3.63) is 41.7 Å². The zero-order valence-corrected chi connectivity index (χ0v) is 14.1. The Morgan fingerprint density at radius 2 is 1.92 bits per heavy atom. The molecule has 130 valence electrons. The molecule has 1 aromatic rings. The van der Waals surface area contributed by atoms with E-state index in [4.69, 9.17) is 5.11 Å². The lowest BCUT2D eigenvalue weighted by molar-refractivity contribution is -0.751. The van der Waals surface area contributed by atoms with E-state index in [0.717, 1.165) is 36.8 Å². The van der Waals surface area contributed by atoms with Gasteiger partial charge in [-0.25, -0.2) is 0 Å². The van der Waals surface area contributed by atoms with Crippen molar-refractivity contribution in [3.8, 4) is 0 Å². The first-order chi connectivity index (χ1) is 11.5. The van der Waals surface area contributed by atoms with Crippen molar-refractivity contribution in [2.24, 2.45) is 0 Å². The minimum Gasteiger partial charge on any atom is -0.481 e. The number of carboxylic acid groups (broad SMARTS) is 1. The number of quaternary nitrogens is 1. The van der Waals surface area contributed by atoms with Gasteiger partial charge in [-0.15, -0.1) is 0 Å². The van der Waals surface area contributed by atoms with E-state index in [2.05, 4.69) is 10.6 Å². The maximum absolute atomic E-state index is 12.4. The molecule has 1 amide bonds. The molecule has 1 aliphatic rings. The lowest BCUT2D eigenvalue weighted by Crippen LogP contribution is -2.99. The Kier molecular flexibility index (Phi) is 6.34. The molecule has 1 aliphatic heterocycles. The van der Waals surface area contributed by atoms with Gasteiger partial charge in [-0.3, -0.25) is 14.5 Å². The number of nitrogens with one attached hydrogen (secondary N) is 3. The number of rotatable bonds is 6. The standard InChI is InChI=1S/C17H24N4O3/c1-18-14(11-16(22)23)12-20(2)15-5-3-13(4-6-15)17(24)21-9-7-19-8-10-21/h3-6,12,18-19H,7-11H2,1-2H3,(H,22,23)/p+1. The molecular formula is C17H25N4O3+. The molecule has 0 bridgehead atoms. The van der Waals surface area contributed by atoms with E-state index in [0.29, 0.717) is 11.3 Å². The summed E-state index contributed by atoms with van der Waals surface area (Å²) in [4.78, 5) is 26.1. The van der Waals surface area contributed by atoms with Crippen LogP contribution in [0.15, 0.2) is 36.2 Å². The van der Waals surface area contributed by atoms with Gasteiger partial charge in [0.1, 0.15) is 11.9 Å². The van der Waals surface area contributed by atoms with Gasteiger partial charge in [-0.2, -0.15) is 0 Å². The van der Waals surface area contributed by atoms with E-state index < -0.39 is 5.97 Å². The zero-order chi connectivity index (χ0) is 17.5. The normalized spacial score (nSPS) is 16.6. The smallest absolute Gasteiger partial charge is 0.309 e. The Balaban J connectivity index is 2.06. The fourth-order valence-electron chi connectivity index (χ4n) is 2.65. The van der Waals surface area contributed by atoms with Crippen LogP contribution in [0.4, 0.5) is 5.69 Å². The molecule has 1 saturated heterocycles. The van der Waals surface area contributed by atoms with E-state index in [-0.39, 0.29) is 12.3 Å². The van der Waals surface area contributed by atoms with Crippen molar-refractivity contribution >= 4 is 17.6 Å². The number of carboxylic acids is 1. The van der Waals surface area contributed by atoms with E-state index in [1.165, 1.54) is 0 Å². The third-order valence-electron chi connectivity index (χ3n) is 4.04. The molecule has 24 heavy (non-hydrogen) atoms. The summed E-state index contributed by atoms with van der Waals surface area (Å²) in [7, 11) is 3.63. The van der Waals surface area contributed by atoms with Gasteiger partial charge in [0.25, 0.3) is 5.91 Å². The van der Waals surface area contributed by atoms with Crippen molar-refractivity contribution in [1.29, 1.82) is 0 Å². The topological polar surface area (TPSA) is 86.1 Å². The van der Waals surface area contributed by atoms with Crippen LogP contribution in [-0.4, -0.2) is 62.2 Å². The lowest BCUT2D eigenvalue weighted by atomic mass is 10.1. The molecule has 1 heterocycles. The van der Waals surface area contributed by atoms with Gasteiger partial charge < -0.3 is 20.6 Å². The summed E-state index contributed by atoms with van der Waals surface area (Å²) in [5, 5.41) is 15.0. The number of piperazine rings is 1. The van der Waals surface area contributed by atoms with Crippen molar-refractivity contribution in [2.45, 2.75) is 6.42 Å². The van der Waals surface area contributed by atoms with Crippen LogP contribution >= 0.6 is 0 Å². The van der Waals surface area contributed by atoms with E-state index in [1.54, 1.807) is 7.05 Å². The molecule has 0 saturated carbocycles. The summed E-state index contributed by atoms with van der Waals surface area (Å²) in [6.45, 7) is 3.13. The number of hydrogen-bond acceptors (Lipinski definition) is 4.